The number of nitrogens with zero attached hydrogens (tertiary/aromatic N) is 3. The lowest BCUT2D eigenvalue weighted by Crippen LogP contribution is -2.13. The van der Waals surface area contributed by atoms with Gasteiger partial charge < -0.3 is 4.52 Å². The third-order valence-electron chi connectivity index (χ3n) is 3.50. The lowest BCUT2D eigenvalue weighted by atomic mass is 10.1. The Morgan fingerprint density at radius 2 is 1.89 bits per heavy atom. The van der Waals surface area contributed by atoms with Crippen LogP contribution in [0.1, 0.15) is 16.1 Å². The Kier molecular flexibility index (Phi) is 5.01. The van der Waals surface area contributed by atoms with E-state index in [0.717, 1.165) is 24.4 Å². The molecule has 12 heteroatoms. The van der Waals surface area contributed by atoms with Crippen LogP contribution >= 0.6 is 11.6 Å². The molecule has 0 radical (unpaired) electrons. The lowest BCUT2D eigenvalue weighted by molar-refractivity contribution is -0.384. The summed E-state index contributed by atoms with van der Waals surface area (Å²) >= 11 is 5.65. The van der Waals surface area contributed by atoms with Crippen molar-refractivity contribution in [3.63, 3.8) is 0 Å². The number of benzene rings is 1. The highest BCUT2D eigenvalue weighted by Crippen LogP contribution is 2.31. The minimum Gasteiger partial charge on any atom is -0.350 e. The normalized spacial score (nSPS) is 11.3. The van der Waals surface area contributed by atoms with E-state index in [1.54, 1.807) is 0 Å². The fourth-order valence-electron chi connectivity index (χ4n) is 2.18. The zero-order valence-corrected chi connectivity index (χ0v) is 14.3. The Morgan fingerprint density at radius 3 is 2.50 bits per heavy atom. The van der Waals surface area contributed by atoms with Gasteiger partial charge in [0, 0.05) is 23.9 Å². The van der Waals surface area contributed by atoms with Crippen molar-refractivity contribution in [1.82, 2.24) is 10.1 Å². The third-order valence-corrected chi connectivity index (χ3v) is 3.71. The first-order chi connectivity index (χ1) is 13.1. The highest BCUT2D eigenvalue weighted by molar-refractivity contribution is 6.30. The number of nitrogens with one attached hydrogen (secondary N) is 1. The van der Waals surface area contributed by atoms with E-state index in [2.05, 4.69) is 15.5 Å². The molecular weight excluding hydrogens is 405 g/mol. The van der Waals surface area contributed by atoms with Gasteiger partial charge in [0.05, 0.1) is 15.5 Å². The number of carbonyl (C=O) groups is 1. The predicted octanol–water partition coefficient (Wildman–Crippen LogP) is 4.57. The molecule has 0 unspecified atom stereocenters. The molecule has 0 saturated heterocycles. The van der Waals surface area contributed by atoms with Gasteiger partial charge in [-0.05, 0) is 12.1 Å². The number of hydrogen-bond acceptors (Lipinski definition) is 6. The summed E-state index contributed by atoms with van der Waals surface area (Å²) in [5, 5.41) is 16.8. The first-order valence-corrected chi connectivity index (χ1v) is 7.78. The Morgan fingerprint density at radius 1 is 1.21 bits per heavy atom. The molecule has 3 rings (SSSR count). The molecule has 0 bridgehead atoms. The Labute approximate surface area is 159 Å². The molecule has 0 spiro atoms. The highest BCUT2D eigenvalue weighted by atomic mass is 35.5. The maximum absolute atomic E-state index is 12.6. The van der Waals surface area contributed by atoms with Crippen LogP contribution in [0.3, 0.4) is 0 Å². The predicted molar refractivity (Wildman–Crippen MR) is 90.8 cm³/mol. The van der Waals surface area contributed by atoms with Crippen LogP contribution in [0.4, 0.5) is 24.7 Å². The number of hydrogen-bond donors (Lipinski definition) is 1. The van der Waals surface area contributed by atoms with Gasteiger partial charge in [0.1, 0.15) is 5.69 Å². The molecule has 3 aromatic rings. The lowest BCUT2D eigenvalue weighted by Gasteiger charge is -2.06. The molecule has 28 heavy (non-hydrogen) atoms. The van der Waals surface area contributed by atoms with Crippen LogP contribution < -0.4 is 5.32 Å². The number of aromatic nitrogens is 2. The van der Waals surface area contributed by atoms with Crippen LogP contribution in [0.2, 0.25) is 5.02 Å². The van der Waals surface area contributed by atoms with Gasteiger partial charge in [-0.3, -0.25) is 20.2 Å². The van der Waals surface area contributed by atoms with Crippen LogP contribution in [-0.2, 0) is 6.18 Å². The third kappa shape index (κ3) is 4.09. The fourth-order valence-corrected chi connectivity index (χ4v) is 2.33. The zero-order chi connectivity index (χ0) is 20.5. The average Bonchev–Trinajstić information content (AvgIpc) is 3.12. The summed E-state index contributed by atoms with van der Waals surface area (Å²) in [4.78, 5) is 26.1. The number of anilines is 1. The van der Waals surface area contributed by atoms with Crippen LogP contribution in [-0.4, -0.2) is 21.0 Å². The summed E-state index contributed by atoms with van der Waals surface area (Å²) in [7, 11) is 0. The summed E-state index contributed by atoms with van der Waals surface area (Å²) in [5.41, 5.74) is -0.967. The number of carbonyl (C=O) groups excluding carboxylic acids is 1. The van der Waals surface area contributed by atoms with Crippen molar-refractivity contribution in [2.24, 2.45) is 0 Å². The molecule has 2 aromatic heterocycles. The van der Waals surface area contributed by atoms with E-state index in [0.29, 0.717) is 0 Å². The highest BCUT2D eigenvalue weighted by Gasteiger charge is 2.30. The van der Waals surface area contributed by atoms with Gasteiger partial charge in [0.25, 0.3) is 5.91 Å². The van der Waals surface area contributed by atoms with Crippen molar-refractivity contribution < 1.29 is 27.4 Å². The van der Waals surface area contributed by atoms with E-state index in [1.807, 2.05) is 0 Å². The maximum atomic E-state index is 12.6. The summed E-state index contributed by atoms with van der Waals surface area (Å²) in [5.74, 6) is -1.56. The van der Waals surface area contributed by atoms with Gasteiger partial charge in [-0.1, -0.05) is 28.9 Å². The average molecular weight is 413 g/mol. The molecule has 0 aliphatic heterocycles. The smallest absolute Gasteiger partial charge is 0.350 e. The molecule has 1 amide bonds. The molecule has 1 N–H and O–H groups in total. The maximum Gasteiger partial charge on any atom is 0.416 e. The number of pyridine rings is 1. The molecule has 0 saturated carbocycles. The fraction of sp³-hybridized carbons (Fsp3) is 0.0625. The number of rotatable bonds is 4. The Bertz CT molecular complexity index is 1050. The van der Waals surface area contributed by atoms with E-state index >= 15 is 0 Å². The second kappa shape index (κ2) is 7.27. The zero-order valence-electron chi connectivity index (χ0n) is 13.5. The van der Waals surface area contributed by atoms with Crippen molar-refractivity contribution in [2.75, 3.05) is 5.32 Å². The van der Waals surface area contributed by atoms with E-state index in [1.165, 1.54) is 18.2 Å². The number of amides is 1. The molecule has 0 aliphatic rings. The second-order valence-corrected chi connectivity index (χ2v) is 5.82. The topological polar surface area (TPSA) is 111 Å². The minimum atomic E-state index is -4.48. The van der Waals surface area contributed by atoms with Gasteiger partial charge in [0.2, 0.25) is 11.6 Å². The van der Waals surface area contributed by atoms with Crippen molar-refractivity contribution >= 4 is 29.0 Å². The van der Waals surface area contributed by atoms with Crippen LogP contribution in [0.5, 0.6) is 0 Å². The van der Waals surface area contributed by atoms with Gasteiger partial charge in [-0.15, -0.1) is 0 Å². The molecule has 2 heterocycles. The molecule has 144 valence electrons. The van der Waals surface area contributed by atoms with Crippen LogP contribution in [0, 0.1) is 10.1 Å². The summed E-state index contributed by atoms with van der Waals surface area (Å²) < 4.78 is 42.7. The van der Waals surface area contributed by atoms with Crippen molar-refractivity contribution in [2.45, 2.75) is 6.18 Å². The molecule has 0 atom stereocenters. The number of halogens is 4. The van der Waals surface area contributed by atoms with E-state index in [-0.39, 0.29) is 27.9 Å². The summed E-state index contributed by atoms with van der Waals surface area (Å²) in [6.45, 7) is 0. The van der Waals surface area contributed by atoms with Gasteiger partial charge in [-0.2, -0.15) is 13.2 Å². The van der Waals surface area contributed by atoms with Gasteiger partial charge >= 0.3 is 11.9 Å². The number of nitro groups is 1. The van der Waals surface area contributed by atoms with Crippen molar-refractivity contribution in [3.8, 4) is 11.3 Å². The SMILES string of the molecule is O=C(Nc1ncc(Cl)cc1[N+](=O)[O-])c1cc(-c2ccc(C(F)(F)F)cc2)no1. The first kappa shape index (κ1) is 19.3. The first-order valence-electron chi connectivity index (χ1n) is 7.41. The summed E-state index contributed by atoms with van der Waals surface area (Å²) in [6.07, 6.45) is -3.37. The molecule has 0 fully saturated rings. The molecule has 1 aromatic carbocycles. The molecule has 8 nitrogen and oxygen atoms in total. The van der Waals surface area contributed by atoms with E-state index in [4.69, 9.17) is 16.1 Å². The largest absolute Gasteiger partial charge is 0.416 e. The van der Waals surface area contributed by atoms with Crippen molar-refractivity contribution in [1.29, 1.82) is 0 Å². The van der Waals surface area contributed by atoms with Crippen LogP contribution in [0.25, 0.3) is 11.3 Å². The Balaban J connectivity index is 1.81. The number of alkyl halides is 3. The summed E-state index contributed by atoms with van der Waals surface area (Å²) in [6, 6.07) is 6.27. The molecular formula is C16H8ClF3N4O4. The van der Waals surface area contributed by atoms with E-state index < -0.39 is 28.3 Å². The van der Waals surface area contributed by atoms with E-state index in [9.17, 15) is 28.1 Å². The quantitative estimate of drug-likeness (QED) is 0.496. The Hall–Kier alpha value is -3.47. The second-order valence-electron chi connectivity index (χ2n) is 5.38. The standard InChI is InChI=1S/C16H8ClF3N4O4/c17-10-5-12(24(26)27)14(21-7-10)22-15(25)13-6-11(23-28-13)8-1-3-9(4-2-8)16(18,19)20/h1-7H,(H,21,22,25). The van der Waals surface area contributed by atoms with Crippen molar-refractivity contribution in [3.05, 3.63) is 69.1 Å². The van der Waals surface area contributed by atoms with Gasteiger partial charge in [-0.25, -0.2) is 4.98 Å². The molecule has 0 aliphatic carbocycles. The van der Waals surface area contributed by atoms with Gasteiger partial charge in [0.15, 0.2) is 0 Å². The monoisotopic (exact) mass is 412 g/mol. The minimum absolute atomic E-state index is 0.00829. The van der Waals surface area contributed by atoms with Crippen LogP contribution in [0.15, 0.2) is 47.1 Å².